The number of imide groups is 1. The molecule has 0 fully saturated rings. The summed E-state index contributed by atoms with van der Waals surface area (Å²) in [7, 11) is 0. The number of nitrogens with zero attached hydrogens (tertiary/aromatic N) is 1. The van der Waals surface area contributed by atoms with Gasteiger partial charge in [-0.05, 0) is 59.0 Å². The first-order valence-electron chi connectivity index (χ1n) is 7.18. The second-order valence-corrected chi connectivity index (χ2v) is 6.35. The van der Waals surface area contributed by atoms with Gasteiger partial charge in [-0.15, -0.1) is 0 Å². The largest absolute Gasteiger partial charge is 0.438 e. The summed E-state index contributed by atoms with van der Waals surface area (Å²) in [5, 5.41) is 3.02. The fourth-order valence-electron chi connectivity index (χ4n) is 2.17. The van der Waals surface area contributed by atoms with Crippen LogP contribution in [-0.2, 0) is 4.79 Å². The molecule has 2 amide bonds. The van der Waals surface area contributed by atoms with Gasteiger partial charge >= 0.3 is 0 Å². The minimum Gasteiger partial charge on any atom is -0.438 e. The van der Waals surface area contributed by atoms with Crippen LogP contribution >= 0.6 is 22.6 Å². The van der Waals surface area contributed by atoms with Crippen molar-refractivity contribution >= 4 is 51.1 Å². The molecule has 1 N–H and O–H groups in total. The van der Waals surface area contributed by atoms with Crippen molar-refractivity contribution in [1.29, 1.82) is 0 Å². The van der Waals surface area contributed by atoms with E-state index in [9.17, 15) is 9.59 Å². The van der Waals surface area contributed by atoms with Crippen LogP contribution in [0.4, 0.5) is 5.69 Å². The number of carbonyl (C=O) groups excluding carboxylic acids is 2. The fourth-order valence-corrected chi connectivity index (χ4v) is 2.53. The molecule has 1 heterocycles. The van der Waals surface area contributed by atoms with Gasteiger partial charge in [-0.1, -0.05) is 18.2 Å². The van der Waals surface area contributed by atoms with Gasteiger partial charge < -0.3 is 4.42 Å². The summed E-state index contributed by atoms with van der Waals surface area (Å²) in [5.41, 5.74) is 1.64. The Hall–Kier alpha value is -2.48. The molecule has 0 atom stereocenters. The maximum Gasteiger partial charge on any atom is 0.263 e. The van der Waals surface area contributed by atoms with Crippen molar-refractivity contribution in [3.05, 3.63) is 69.3 Å². The molecule has 1 aromatic heterocycles. The minimum atomic E-state index is -0.540. The highest BCUT2D eigenvalue weighted by Crippen LogP contribution is 2.16. The average Bonchev–Trinajstić information content (AvgIpc) is 2.55. The normalized spacial score (nSPS) is 11.5. The number of hydrogen-bond donors (Lipinski definition) is 1. The summed E-state index contributed by atoms with van der Waals surface area (Å²) in [6.45, 7) is 1.28. The molecule has 3 rings (SSSR count). The molecule has 2 aromatic carbocycles. The Kier molecular flexibility index (Phi) is 4.75. The zero-order valence-corrected chi connectivity index (χ0v) is 14.9. The van der Waals surface area contributed by atoms with Gasteiger partial charge in [0, 0.05) is 15.9 Å². The Balaban J connectivity index is 2.21. The zero-order valence-electron chi connectivity index (χ0n) is 12.7. The molecule has 0 aliphatic carbocycles. The van der Waals surface area contributed by atoms with E-state index in [1.807, 2.05) is 42.5 Å². The molecule has 0 aliphatic heterocycles. The van der Waals surface area contributed by atoms with Crippen molar-refractivity contribution in [1.82, 2.24) is 5.32 Å². The zero-order chi connectivity index (χ0) is 17.1. The van der Waals surface area contributed by atoms with Crippen LogP contribution in [0.5, 0.6) is 0 Å². The maximum atomic E-state index is 12.3. The predicted molar refractivity (Wildman–Crippen MR) is 98.7 cm³/mol. The van der Waals surface area contributed by atoms with Crippen molar-refractivity contribution in [2.45, 2.75) is 6.92 Å². The molecule has 120 valence electrons. The first kappa shape index (κ1) is 16.4. The first-order valence-corrected chi connectivity index (χ1v) is 8.26. The Labute approximate surface area is 151 Å². The molecule has 0 radical (unpaired) electrons. The molecule has 6 heteroatoms. The third kappa shape index (κ3) is 3.70. The smallest absolute Gasteiger partial charge is 0.263 e. The van der Waals surface area contributed by atoms with Gasteiger partial charge in [-0.2, -0.15) is 0 Å². The number of nitrogens with one attached hydrogen (secondary N) is 1. The lowest BCUT2D eigenvalue weighted by Gasteiger charge is -2.04. The van der Waals surface area contributed by atoms with Gasteiger partial charge in [0.2, 0.25) is 11.5 Å². The molecule has 0 saturated heterocycles. The van der Waals surface area contributed by atoms with Crippen molar-refractivity contribution in [2.24, 2.45) is 4.99 Å². The molecule has 0 unspecified atom stereocenters. The number of para-hydroxylation sites is 1. The third-order valence-corrected chi connectivity index (χ3v) is 3.97. The van der Waals surface area contributed by atoms with Gasteiger partial charge in [-0.25, -0.2) is 4.99 Å². The molecule has 24 heavy (non-hydrogen) atoms. The summed E-state index contributed by atoms with van der Waals surface area (Å²) in [5.74, 6) is -0.977. The average molecular weight is 432 g/mol. The van der Waals surface area contributed by atoms with Crippen molar-refractivity contribution < 1.29 is 14.0 Å². The molecule has 0 spiro atoms. The van der Waals surface area contributed by atoms with Gasteiger partial charge in [0.1, 0.15) is 11.1 Å². The van der Waals surface area contributed by atoms with Crippen LogP contribution < -0.4 is 10.9 Å². The van der Waals surface area contributed by atoms with Crippen molar-refractivity contribution in [3.63, 3.8) is 0 Å². The SMILES string of the molecule is CC(=O)NC(=O)c1cc2ccccc2oc1=Nc1ccc(I)cc1. The lowest BCUT2D eigenvalue weighted by Crippen LogP contribution is -2.32. The Morgan fingerprint density at radius 1 is 1.08 bits per heavy atom. The first-order chi connectivity index (χ1) is 11.5. The second kappa shape index (κ2) is 6.96. The third-order valence-electron chi connectivity index (χ3n) is 3.25. The van der Waals surface area contributed by atoms with Crippen LogP contribution in [0.15, 0.2) is 64.0 Å². The lowest BCUT2D eigenvalue weighted by molar-refractivity contribution is -0.118. The lowest BCUT2D eigenvalue weighted by atomic mass is 10.1. The summed E-state index contributed by atoms with van der Waals surface area (Å²) in [4.78, 5) is 27.9. The molecule has 0 bridgehead atoms. The Morgan fingerprint density at radius 2 is 1.79 bits per heavy atom. The van der Waals surface area contributed by atoms with E-state index in [-0.39, 0.29) is 11.1 Å². The van der Waals surface area contributed by atoms with E-state index >= 15 is 0 Å². The van der Waals surface area contributed by atoms with Gasteiger partial charge in [0.05, 0.1) is 5.69 Å². The van der Waals surface area contributed by atoms with Gasteiger partial charge in [0.15, 0.2) is 0 Å². The van der Waals surface area contributed by atoms with E-state index in [0.29, 0.717) is 11.3 Å². The van der Waals surface area contributed by atoms with Crippen molar-refractivity contribution in [3.8, 4) is 0 Å². The number of carbonyl (C=O) groups is 2. The molecule has 5 nitrogen and oxygen atoms in total. The van der Waals surface area contributed by atoms with E-state index in [4.69, 9.17) is 4.42 Å². The fraction of sp³-hybridized carbons (Fsp3) is 0.0556. The molecular weight excluding hydrogens is 419 g/mol. The van der Waals surface area contributed by atoms with E-state index < -0.39 is 11.8 Å². The quantitative estimate of drug-likeness (QED) is 0.630. The number of rotatable bonds is 2. The van der Waals surface area contributed by atoms with E-state index in [2.05, 4.69) is 32.9 Å². The molecule has 0 aliphatic rings. The number of fused-ring (bicyclic) bond motifs is 1. The second-order valence-electron chi connectivity index (χ2n) is 5.10. The maximum absolute atomic E-state index is 12.3. The summed E-state index contributed by atoms with van der Waals surface area (Å²) in [6, 6.07) is 16.5. The van der Waals surface area contributed by atoms with Crippen LogP contribution in [0.3, 0.4) is 0 Å². The summed E-state index contributed by atoms with van der Waals surface area (Å²) >= 11 is 2.20. The van der Waals surface area contributed by atoms with E-state index in [1.165, 1.54) is 6.92 Å². The highest BCUT2D eigenvalue weighted by atomic mass is 127. The predicted octanol–water partition coefficient (Wildman–Crippen LogP) is 3.55. The van der Waals surface area contributed by atoms with Crippen LogP contribution in [0.2, 0.25) is 0 Å². The minimum absolute atomic E-state index is 0.161. The highest BCUT2D eigenvalue weighted by Gasteiger charge is 2.13. The van der Waals surface area contributed by atoms with Crippen molar-refractivity contribution in [2.75, 3.05) is 0 Å². The van der Waals surface area contributed by atoms with Crippen LogP contribution in [0.1, 0.15) is 17.3 Å². The van der Waals surface area contributed by atoms with E-state index in [0.717, 1.165) is 8.96 Å². The van der Waals surface area contributed by atoms with E-state index in [1.54, 1.807) is 12.1 Å². The Morgan fingerprint density at radius 3 is 2.50 bits per heavy atom. The van der Waals surface area contributed by atoms with Gasteiger partial charge in [0.25, 0.3) is 5.91 Å². The number of halogens is 1. The molecular formula is C18H13IN2O3. The van der Waals surface area contributed by atoms with Crippen LogP contribution in [0.25, 0.3) is 11.0 Å². The molecule has 0 saturated carbocycles. The Bertz CT molecular complexity index is 991. The number of benzene rings is 2. The van der Waals surface area contributed by atoms with Gasteiger partial charge in [-0.3, -0.25) is 14.9 Å². The summed E-state index contributed by atoms with van der Waals surface area (Å²) < 4.78 is 6.87. The monoisotopic (exact) mass is 432 g/mol. The standard InChI is InChI=1S/C18H13IN2O3/c1-11(22)20-17(23)15-10-12-4-2-3-5-16(12)24-18(15)21-14-8-6-13(19)7-9-14/h2-10H,1H3,(H,20,22,23). The molecule has 3 aromatic rings. The topological polar surface area (TPSA) is 71.7 Å². The highest BCUT2D eigenvalue weighted by molar-refractivity contribution is 14.1. The summed E-state index contributed by atoms with van der Waals surface area (Å²) in [6.07, 6.45) is 0. The van der Waals surface area contributed by atoms with Crippen LogP contribution in [-0.4, -0.2) is 11.8 Å². The number of hydrogen-bond acceptors (Lipinski definition) is 4. The number of amides is 2. The van der Waals surface area contributed by atoms with Crippen LogP contribution in [0, 0.1) is 3.57 Å².